The van der Waals surface area contributed by atoms with Gasteiger partial charge in [-0.05, 0) is 50.4 Å². The Bertz CT molecular complexity index is 350. The van der Waals surface area contributed by atoms with Gasteiger partial charge in [-0.2, -0.15) is 0 Å². The summed E-state index contributed by atoms with van der Waals surface area (Å²) in [7, 11) is 0. The number of rotatable bonds is 8. The topological polar surface area (TPSA) is 15.3 Å². The third-order valence-corrected chi connectivity index (χ3v) is 4.01. The fourth-order valence-corrected chi connectivity index (χ4v) is 2.84. The van der Waals surface area contributed by atoms with Crippen molar-refractivity contribution in [2.45, 2.75) is 58.7 Å². The number of nitrogens with one attached hydrogen (secondary N) is 1. The minimum Gasteiger partial charge on any atom is -0.314 e. The average molecular weight is 260 g/mol. The van der Waals surface area contributed by atoms with E-state index < -0.39 is 0 Å². The quantitative estimate of drug-likeness (QED) is 0.719. The van der Waals surface area contributed by atoms with Crippen LogP contribution in [0.4, 0.5) is 0 Å². The number of hydrogen-bond acceptors (Lipinski definition) is 2. The molecule has 106 valence electrons. The average Bonchev–Trinajstić information content (AvgIpc) is 2.84. The maximum Gasteiger partial charge on any atom is 0.0240 e. The molecule has 1 heterocycles. The Kier molecular flexibility index (Phi) is 5.87. The summed E-state index contributed by atoms with van der Waals surface area (Å²) in [5.41, 5.74) is 3.06. The molecule has 2 nitrogen and oxygen atoms in total. The molecule has 0 radical (unpaired) electrons. The lowest BCUT2D eigenvalue weighted by atomic mass is 10.1. The van der Waals surface area contributed by atoms with Crippen LogP contribution in [-0.4, -0.2) is 24.0 Å². The third-order valence-electron chi connectivity index (χ3n) is 4.01. The molecular formula is C17H28N2. The van der Waals surface area contributed by atoms with Crippen LogP contribution in [-0.2, 0) is 13.1 Å². The Morgan fingerprint density at radius 2 is 1.84 bits per heavy atom. The molecule has 19 heavy (non-hydrogen) atoms. The van der Waals surface area contributed by atoms with Gasteiger partial charge < -0.3 is 5.32 Å². The zero-order valence-electron chi connectivity index (χ0n) is 12.5. The molecule has 0 bridgehead atoms. The van der Waals surface area contributed by atoms with Crippen LogP contribution in [0.1, 0.15) is 50.7 Å². The lowest BCUT2D eigenvalue weighted by Gasteiger charge is -2.16. The van der Waals surface area contributed by atoms with Gasteiger partial charge in [-0.15, -0.1) is 0 Å². The van der Waals surface area contributed by atoms with Crippen LogP contribution in [0.25, 0.3) is 0 Å². The highest BCUT2D eigenvalue weighted by atomic mass is 15.1. The molecule has 0 spiro atoms. The van der Waals surface area contributed by atoms with E-state index in [0.29, 0.717) is 6.04 Å². The van der Waals surface area contributed by atoms with Gasteiger partial charge in [-0.1, -0.05) is 37.6 Å². The molecule has 1 N–H and O–H groups in total. The molecule has 0 aliphatic carbocycles. The monoisotopic (exact) mass is 260 g/mol. The van der Waals surface area contributed by atoms with Crippen molar-refractivity contribution in [2.75, 3.05) is 13.1 Å². The van der Waals surface area contributed by atoms with Crippen molar-refractivity contribution < 1.29 is 0 Å². The standard InChI is InChI=1S/C17H28N2/c1-3-11-18-15(2)8-6-7-12-19-13-16-9-4-5-10-17(16)14-19/h4-5,9-10,15,18H,3,6-8,11-14H2,1-2H3. The maximum absolute atomic E-state index is 3.56. The summed E-state index contributed by atoms with van der Waals surface area (Å²) >= 11 is 0. The van der Waals surface area contributed by atoms with E-state index in [1.54, 1.807) is 0 Å². The zero-order valence-corrected chi connectivity index (χ0v) is 12.5. The van der Waals surface area contributed by atoms with E-state index in [9.17, 15) is 0 Å². The molecule has 0 saturated heterocycles. The van der Waals surface area contributed by atoms with E-state index in [0.717, 1.165) is 19.6 Å². The maximum atomic E-state index is 3.56. The summed E-state index contributed by atoms with van der Waals surface area (Å²) in [6, 6.07) is 9.53. The van der Waals surface area contributed by atoms with Crippen molar-refractivity contribution in [3.63, 3.8) is 0 Å². The van der Waals surface area contributed by atoms with E-state index in [1.807, 2.05) is 0 Å². The van der Waals surface area contributed by atoms with Crippen molar-refractivity contribution in [1.29, 1.82) is 0 Å². The highest BCUT2D eigenvalue weighted by Crippen LogP contribution is 2.22. The van der Waals surface area contributed by atoms with Gasteiger partial charge in [0.1, 0.15) is 0 Å². The molecule has 0 aromatic heterocycles. The number of benzene rings is 1. The minimum absolute atomic E-state index is 0.677. The molecule has 1 aromatic carbocycles. The van der Waals surface area contributed by atoms with Gasteiger partial charge in [0.15, 0.2) is 0 Å². The van der Waals surface area contributed by atoms with Crippen LogP contribution in [0.3, 0.4) is 0 Å². The Balaban J connectivity index is 1.58. The third kappa shape index (κ3) is 4.63. The molecule has 0 fully saturated rings. The van der Waals surface area contributed by atoms with Gasteiger partial charge in [-0.3, -0.25) is 4.90 Å². The van der Waals surface area contributed by atoms with E-state index in [-0.39, 0.29) is 0 Å². The van der Waals surface area contributed by atoms with Crippen LogP contribution < -0.4 is 5.32 Å². The Morgan fingerprint density at radius 1 is 1.16 bits per heavy atom. The number of nitrogens with zero attached hydrogens (tertiary/aromatic N) is 1. The molecule has 2 rings (SSSR count). The van der Waals surface area contributed by atoms with Crippen molar-refractivity contribution in [3.05, 3.63) is 35.4 Å². The van der Waals surface area contributed by atoms with Crippen LogP contribution in [0.5, 0.6) is 0 Å². The second kappa shape index (κ2) is 7.66. The number of hydrogen-bond donors (Lipinski definition) is 1. The van der Waals surface area contributed by atoms with E-state index in [4.69, 9.17) is 0 Å². The molecule has 2 heteroatoms. The van der Waals surface area contributed by atoms with Crippen LogP contribution in [0.15, 0.2) is 24.3 Å². The highest BCUT2D eigenvalue weighted by Gasteiger charge is 2.17. The fourth-order valence-electron chi connectivity index (χ4n) is 2.84. The van der Waals surface area contributed by atoms with Crippen molar-refractivity contribution in [3.8, 4) is 0 Å². The van der Waals surface area contributed by atoms with Crippen LogP contribution >= 0.6 is 0 Å². The summed E-state index contributed by atoms with van der Waals surface area (Å²) in [4.78, 5) is 2.58. The zero-order chi connectivity index (χ0) is 13.5. The number of unbranched alkanes of at least 4 members (excludes halogenated alkanes) is 1. The summed E-state index contributed by atoms with van der Waals surface area (Å²) in [5, 5.41) is 3.56. The van der Waals surface area contributed by atoms with Crippen LogP contribution in [0.2, 0.25) is 0 Å². The second-order valence-electron chi connectivity index (χ2n) is 5.83. The summed E-state index contributed by atoms with van der Waals surface area (Å²) in [5.74, 6) is 0. The normalized spacial score (nSPS) is 16.5. The smallest absolute Gasteiger partial charge is 0.0240 e. The van der Waals surface area contributed by atoms with Gasteiger partial charge in [0, 0.05) is 19.1 Å². The van der Waals surface area contributed by atoms with Crippen molar-refractivity contribution >= 4 is 0 Å². The molecule has 0 saturated carbocycles. The van der Waals surface area contributed by atoms with Crippen LogP contribution in [0, 0.1) is 0 Å². The molecule has 1 aliphatic heterocycles. The lowest BCUT2D eigenvalue weighted by molar-refractivity contribution is 0.274. The van der Waals surface area contributed by atoms with Gasteiger partial charge in [-0.25, -0.2) is 0 Å². The Hall–Kier alpha value is -0.860. The van der Waals surface area contributed by atoms with Gasteiger partial charge in [0.2, 0.25) is 0 Å². The minimum atomic E-state index is 0.677. The van der Waals surface area contributed by atoms with Gasteiger partial charge in [0.05, 0.1) is 0 Å². The first-order valence-electron chi connectivity index (χ1n) is 7.82. The second-order valence-corrected chi connectivity index (χ2v) is 5.83. The molecule has 1 unspecified atom stereocenters. The molecule has 1 atom stereocenters. The largest absolute Gasteiger partial charge is 0.314 e. The molecule has 0 amide bonds. The van der Waals surface area contributed by atoms with E-state index >= 15 is 0 Å². The molecular weight excluding hydrogens is 232 g/mol. The predicted molar refractivity (Wildman–Crippen MR) is 82.2 cm³/mol. The Morgan fingerprint density at radius 3 is 2.47 bits per heavy atom. The van der Waals surface area contributed by atoms with Crippen molar-refractivity contribution in [2.24, 2.45) is 0 Å². The number of fused-ring (bicyclic) bond motifs is 1. The molecule has 1 aromatic rings. The summed E-state index contributed by atoms with van der Waals surface area (Å²) in [6.45, 7) is 9.24. The van der Waals surface area contributed by atoms with Gasteiger partial charge in [0.25, 0.3) is 0 Å². The van der Waals surface area contributed by atoms with Gasteiger partial charge >= 0.3 is 0 Å². The SMILES string of the molecule is CCCNC(C)CCCCN1Cc2ccccc2C1. The van der Waals surface area contributed by atoms with E-state index in [2.05, 4.69) is 48.3 Å². The first kappa shape index (κ1) is 14.5. The Labute approximate surface area is 118 Å². The lowest BCUT2D eigenvalue weighted by Crippen LogP contribution is -2.26. The predicted octanol–water partition coefficient (Wildman–Crippen LogP) is 3.56. The highest BCUT2D eigenvalue weighted by molar-refractivity contribution is 5.30. The molecule has 1 aliphatic rings. The van der Waals surface area contributed by atoms with Crippen molar-refractivity contribution in [1.82, 2.24) is 10.2 Å². The first-order chi connectivity index (χ1) is 9.29. The summed E-state index contributed by atoms with van der Waals surface area (Å²) in [6.07, 6.45) is 5.20. The summed E-state index contributed by atoms with van der Waals surface area (Å²) < 4.78 is 0. The fraction of sp³-hybridized carbons (Fsp3) is 0.647. The first-order valence-corrected chi connectivity index (χ1v) is 7.82. The van der Waals surface area contributed by atoms with E-state index in [1.165, 1.54) is 43.4 Å².